The second kappa shape index (κ2) is 5.65. The Morgan fingerprint density at radius 2 is 2.11 bits per heavy atom. The average Bonchev–Trinajstić information content (AvgIpc) is 2.77. The van der Waals surface area contributed by atoms with Crippen LogP contribution in [-0.2, 0) is 6.54 Å². The first-order chi connectivity index (χ1) is 8.87. The fourth-order valence-electron chi connectivity index (χ4n) is 1.70. The molecule has 1 aromatic carbocycles. The average molecular weight is 343 g/mol. The van der Waals surface area contributed by atoms with Gasteiger partial charge in [0.2, 0.25) is 0 Å². The molecule has 0 aliphatic rings. The van der Waals surface area contributed by atoms with Crippen LogP contribution < -0.4 is 5.32 Å². The molecule has 1 N–H and O–H groups in total. The van der Waals surface area contributed by atoms with Crippen molar-refractivity contribution in [1.82, 2.24) is 14.9 Å². The molecule has 0 amide bonds. The number of hydrogen-bond donors (Lipinski definition) is 1. The Hall–Kier alpha value is -0.840. The maximum absolute atomic E-state index is 6.07. The highest BCUT2D eigenvalue weighted by molar-refractivity contribution is 9.10. The van der Waals surface area contributed by atoms with E-state index < -0.39 is 0 Å². The van der Waals surface area contributed by atoms with Crippen LogP contribution in [0.15, 0.2) is 35.2 Å². The van der Waals surface area contributed by atoms with Crippen LogP contribution in [-0.4, -0.2) is 15.1 Å². The Kier molecular flexibility index (Phi) is 4.33. The zero-order valence-corrected chi connectivity index (χ0v) is 13.6. The summed E-state index contributed by atoms with van der Waals surface area (Å²) in [6, 6.07) is 5.73. The molecule has 0 saturated carbocycles. The van der Waals surface area contributed by atoms with Crippen molar-refractivity contribution in [3.05, 3.63) is 45.9 Å². The van der Waals surface area contributed by atoms with Crippen LogP contribution in [0.3, 0.4) is 0 Å². The minimum absolute atomic E-state index is 0.0701. The molecule has 2 rings (SSSR count). The summed E-state index contributed by atoms with van der Waals surface area (Å²) in [5, 5.41) is 4.17. The number of imidazole rings is 1. The number of hydrogen-bond acceptors (Lipinski definition) is 2. The number of rotatable bonds is 3. The van der Waals surface area contributed by atoms with Crippen molar-refractivity contribution in [2.75, 3.05) is 0 Å². The number of nitrogens with zero attached hydrogens (tertiary/aromatic N) is 2. The zero-order chi connectivity index (χ0) is 14.0. The van der Waals surface area contributed by atoms with Crippen LogP contribution in [0, 0.1) is 0 Å². The largest absolute Gasteiger partial charge is 0.306 e. The van der Waals surface area contributed by atoms with E-state index in [2.05, 4.69) is 47.0 Å². The predicted molar refractivity (Wildman–Crippen MR) is 82.9 cm³/mol. The quantitative estimate of drug-likeness (QED) is 0.907. The maximum atomic E-state index is 6.07. The SMILES string of the molecule is CC(C)(C)NCc1cncn1-c1cc(Cl)ccc1Br. The lowest BCUT2D eigenvalue weighted by Gasteiger charge is -2.21. The van der Waals surface area contributed by atoms with E-state index in [4.69, 9.17) is 11.6 Å². The van der Waals surface area contributed by atoms with E-state index in [-0.39, 0.29) is 5.54 Å². The molecule has 0 aliphatic heterocycles. The molecule has 1 aromatic heterocycles. The van der Waals surface area contributed by atoms with E-state index in [1.54, 1.807) is 6.33 Å². The lowest BCUT2D eigenvalue weighted by Crippen LogP contribution is -2.35. The summed E-state index contributed by atoms with van der Waals surface area (Å²) in [7, 11) is 0. The first-order valence-electron chi connectivity index (χ1n) is 6.08. The number of nitrogens with one attached hydrogen (secondary N) is 1. The summed E-state index contributed by atoms with van der Waals surface area (Å²) < 4.78 is 3.03. The van der Waals surface area contributed by atoms with Crippen molar-refractivity contribution in [3.8, 4) is 5.69 Å². The van der Waals surface area contributed by atoms with Crippen LogP contribution in [0.4, 0.5) is 0 Å². The van der Waals surface area contributed by atoms with Crippen molar-refractivity contribution in [3.63, 3.8) is 0 Å². The van der Waals surface area contributed by atoms with Gasteiger partial charge in [-0.3, -0.25) is 0 Å². The normalized spacial score (nSPS) is 11.8. The van der Waals surface area contributed by atoms with Crippen LogP contribution in [0.25, 0.3) is 5.69 Å². The van der Waals surface area contributed by atoms with E-state index in [1.165, 1.54) is 0 Å². The molecular weight excluding hydrogens is 326 g/mol. The third-order valence-corrected chi connectivity index (χ3v) is 3.59. The van der Waals surface area contributed by atoms with E-state index in [1.807, 2.05) is 29.0 Å². The van der Waals surface area contributed by atoms with Crippen molar-refractivity contribution >= 4 is 27.5 Å². The summed E-state index contributed by atoms with van der Waals surface area (Å²) in [6.45, 7) is 7.18. The Morgan fingerprint density at radius 3 is 2.79 bits per heavy atom. The predicted octanol–water partition coefficient (Wildman–Crippen LogP) is 4.18. The zero-order valence-electron chi connectivity index (χ0n) is 11.2. The first-order valence-corrected chi connectivity index (χ1v) is 7.25. The topological polar surface area (TPSA) is 29.9 Å². The first kappa shape index (κ1) is 14.6. The maximum Gasteiger partial charge on any atom is 0.0995 e. The fourth-order valence-corrected chi connectivity index (χ4v) is 2.30. The van der Waals surface area contributed by atoms with Crippen LogP contribution in [0.5, 0.6) is 0 Å². The van der Waals surface area contributed by atoms with Gasteiger partial charge in [-0.05, 0) is 54.9 Å². The highest BCUT2D eigenvalue weighted by atomic mass is 79.9. The summed E-state index contributed by atoms with van der Waals surface area (Å²) in [6.07, 6.45) is 3.67. The smallest absolute Gasteiger partial charge is 0.0995 e. The number of aromatic nitrogens is 2. The van der Waals surface area contributed by atoms with E-state index in [9.17, 15) is 0 Å². The Balaban J connectivity index is 2.31. The minimum atomic E-state index is 0.0701. The second-order valence-corrected chi connectivity index (χ2v) is 6.75. The molecule has 1 heterocycles. The molecule has 0 saturated heterocycles. The molecule has 3 nitrogen and oxygen atoms in total. The second-order valence-electron chi connectivity index (χ2n) is 5.45. The summed E-state index contributed by atoms with van der Waals surface area (Å²) in [4.78, 5) is 4.23. The van der Waals surface area contributed by atoms with Crippen molar-refractivity contribution in [2.45, 2.75) is 32.9 Å². The van der Waals surface area contributed by atoms with E-state index in [0.717, 1.165) is 22.4 Å². The molecule has 0 fully saturated rings. The molecule has 0 bridgehead atoms. The molecule has 0 unspecified atom stereocenters. The molecule has 0 aliphatic carbocycles. The monoisotopic (exact) mass is 341 g/mol. The molecule has 2 aromatic rings. The molecule has 0 atom stereocenters. The van der Waals surface area contributed by atoms with Gasteiger partial charge in [0.1, 0.15) is 0 Å². The third-order valence-electron chi connectivity index (χ3n) is 2.68. The van der Waals surface area contributed by atoms with Gasteiger partial charge in [0.25, 0.3) is 0 Å². The van der Waals surface area contributed by atoms with Gasteiger partial charge in [-0.1, -0.05) is 11.6 Å². The van der Waals surface area contributed by atoms with Gasteiger partial charge in [-0.2, -0.15) is 0 Å². The van der Waals surface area contributed by atoms with Crippen LogP contribution >= 0.6 is 27.5 Å². The molecular formula is C14H17BrClN3. The lowest BCUT2D eigenvalue weighted by molar-refractivity contribution is 0.419. The van der Waals surface area contributed by atoms with Crippen molar-refractivity contribution in [2.24, 2.45) is 0 Å². The van der Waals surface area contributed by atoms with E-state index >= 15 is 0 Å². The number of benzene rings is 1. The number of halogens is 2. The summed E-state index contributed by atoms with van der Waals surface area (Å²) in [5.41, 5.74) is 2.16. The van der Waals surface area contributed by atoms with Crippen LogP contribution in [0.1, 0.15) is 26.5 Å². The van der Waals surface area contributed by atoms with Gasteiger partial charge >= 0.3 is 0 Å². The van der Waals surface area contributed by atoms with Gasteiger partial charge < -0.3 is 9.88 Å². The summed E-state index contributed by atoms with van der Waals surface area (Å²) in [5.74, 6) is 0. The Bertz CT molecular complexity index is 572. The lowest BCUT2D eigenvalue weighted by atomic mass is 10.1. The molecule has 19 heavy (non-hydrogen) atoms. The highest BCUT2D eigenvalue weighted by Gasteiger charge is 2.12. The Labute approximate surface area is 127 Å². The molecule has 0 spiro atoms. The minimum Gasteiger partial charge on any atom is -0.306 e. The molecule has 5 heteroatoms. The Morgan fingerprint density at radius 1 is 1.37 bits per heavy atom. The van der Waals surface area contributed by atoms with Gasteiger partial charge in [-0.25, -0.2) is 4.98 Å². The van der Waals surface area contributed by atoms with Crippen molar-refractivity contribution < 1.29 is 0 Å². The van der Waals surface area contributed by atoms with Gasteiger partial charge in [0.05, 0.1) is 17.7 Å². The van der Waals surface area contributed by atoms with Crippen molar-refractivity contribution in [1.29, 1.82) is 0 Å². The van der Waals surface area contributed by atoms with Gasteiger partial charge in [0.15, 0.2) is 0 Å². The fraction of sp³-hybridized carbons (Fsp3) is 0.357. The van der Waals surface area contributed by atoms with Crippen LogP contribution in [0.2, 0.25) is 5.02 Å². The summed E-state index contributed by atoms with van der Waals surface area (Å²) >= 11 is 9.61. The molecule has 0 radical (unpaired) electrons. The van der Waals surface area contributed by atoms with Gasteiger partial charge in [-0.15, -0.1) is 0 Å². The highest BCUT2D eigenvalue weighted by Crippen LogP contribution is 2.25. The van der Waals surface area contributed by atoms with Gasteiger partial charge in [0, 0.05) is 27.8 Å². The standard InChI is InChI=1S/C14H17BrClN3/c1-14(2,3)18-8-11-7-17-9-19(11)13-6-10(16)4-5-12(13)15/h4-7,9,18H,8H2,1-3H3. The molecule has 102 valence electrons. The third kappa shape index (κ3) is 3.81. The van der Waals surface area contributed by atoms with E-state index in [0.29, 0.717) is 5.02 Å².